The lowest BCUT2D eigenvalue weighted by Crippen LogP contribution is -2.18. The van der Waals surface area contributed by atoms with Gasteiger partial charge in [-0.1, -0.05) is 23.7 Å². The van der Waals surface area contributed by atoms with E-state index in [-0.39, 0.29) is 22.6 Å². The molecule has 0 radical (unpaired) electrons. The summed E-state index contributed by atoms with van der Waals surface area (Å²) >= 11 is 6.03. The highest BCUT2D eigenvalue weighted by molar-refractivity contribution is 6.31. The molecule has 3 aromatic rings. The lowest BCUT2D eigenvalue weighted by Gasteiger charge is -2.09. The third kappa shape index (κ3) is 3.14. The number of H-pyrrole nitrogens is 1. The molecule has 3 rings (SSSR count). The molecule has 0 saturated heterocycles. The zero-order chi connectivity index (χ0) is 16.4. The molecule has 4 nitrogen and oxygen atoms in total. The molecule has 0 saturated carbocycles. The number of halogens is 2. The molecule has 6 heteroatoms. The summed E-state index contributed by atoms with van der Waals surface area (Å²) in [5.41, 5.74) is 1.45. The highest BCUT2D eigenvalue weighted by atomic mass is 35.5. The van der Waals surface area contributed by atoms with E-state index >= 15 is 0 Å². The van der Waals surface area contributed by atoms with Gasteiger partial charge in [-0.25, -0.2) is 9.37 Å². The van der Waals surface area contributed by atoms with Crippen LogP contribution in [0.1, 0.15) is 16.8 Å². The zero-order valence-electron chi connectivity index (χ0n) is 12.3. The van der Waals surface area contributed by atoms with Crippen LogP contribution in [0.15, 0.2) is 47.4 Å². The third-order valence-corrected chi connectivity index (χ3v) is 3.90. The number of nitrogens with zero attached hydrogens (tertiary/aromatic N) is 2. The average Bonchev–Trinajstić information content (AvgIpc) is 2.54. The van der Waals surface area contributed by atoms with E-state index in [1.54, 1.807) is 31.3 Å². The Bertz CT molecular complexity index is 889. The molecule has 0 amide bonds. The largest absolute Gasteiger partial charge is 0.305 e. The smallest absolute Gasteiger partial charge is 0.254 e. The Morgan fingerprint density at radius 3 is 2.65 bits per heavy atom. The van der Waals surface area contributed by atoms with Gasteiger partial charge in [-0.15, -0.1) is 0 Å². The molecular formula is C17H13ClFN3O. The van der Waals surface area contributed by atoms with Gasteiger partial charge in [0.15, 0.2) is 5.82 Å². The van der Waals surface area contributed by atoms with Crippen LogP contribution in [0, 0.1) is 12.7 Å². The zero-order valence-corrected chi connectivity index (χ0v) is 13.1. The fourth-order valence-corrected chi connectivity index (χ4v) is 2.55. The highest BCUT2D eigenvalue weighted by Gasteiger charge is 2.14. The molecule has 2 heterocycles. The summed E-state index contributed by atoms with van der Waals surface area (Å²) in [5, 5.41) is 0.289. The number of aryl methyl sites for hydroxylation is 1. The fraction of sp³-hybridized carbons (Fsp3) is 0.118. The van der Waals surface area contributed by atoms with Crippen molar-refractivity contribution in [2.75, 3.05) is 0 Å². The van der Waals surface area contributed by atoms with Gasteiger partial charge in [-0.05, 0) is 31.2 Å². The van der Waals surface area contributed by atoms with Crippen LogP contribution in [0.2, 0.25) is 5.02 Å². The Morgan fingerprint density at radius 1 is 1.17 bits per heavy atom. The Kier molecular flexibility index (Phi) is 4.21. The molecule has 0 unspecified atom stereocenters. The maximum absolute atomic E-state index is 13.9. The number of rotatable bonds is 3. The van der Waals surface area contributed by atoms with Gasteiger partial charge in [0.25, 0.3) is 5.56 Å². The van der Waals surface area contributed by atoms with Crippen LogP contribution >= 0.6 is 11.6 Å². The first-order chi connectivity index (χ1) is 11.1. The summed E-state index contributed by atoms with van der Waals surface area (Å²) in [6.07, 6.45) is 1.71. The highest BCUT2D eigenvalue weighted by Crippen LogP contribution is 2.22. The molecule has 0 fully saturated rings. The second-order valence-electron chi connectivity index (χ2n) is 5.07. The second-order valence-corrected chi connectivity index (χ2v) is 5.48. The summed E-state index contributed by atoms with van der Waals surface area (Å²) in [6, 6.07) is 9.79. The van der Waals surface area contributed by atoms with Gasteiger partial charge in [0.2, 0.25) is 0 Å². The Labute approximate surface area is 137 Å². The number of benzene rings is 1. The predicted octanol–water partition coefficient (Wildman–Crippen LogP) is 3.52. The molecule has 0 atom stereocenters. The summed E-state index contributed by atoms with van der Waals surface area (Å²) < 4.78 is 13.9. The SMILES string of the molecule is Cc1nc(-c2ccccn2)[nH]c(=O)c1Cc1c(F)cccc1Cl. The van der Waals surface area contributed by atoms with Gasteiger partial charge >= 0.3 is 0 Å². The third-order valence-electron chi connectivity index (χ3n) is 3.55. The van der Waals surface area contributed by atoms with Gasteiger partial charge < -0.3 is 4.98 Å². The van der Waals surface area contributed by atoms with E-state index in [1.807, 2.05) is 6.07 Å². The predicted molar refractivity (Wildman–Crippen MR) is 87.0 cm³/mol. The van der Waals surface area contributed by atoms with Crippen LogP contribution in [0.5, 0.6) is 0 Å². The van der Waals surface area contributed by atoms with E-state index in [4.69, 9.17) is 11.6 Å². The van der Waals surface area contributed by atoms with Gasteiger partial charge in [-0.3, -0.25) is 9.78 Å². The van der Waals surface area contributed by atoms with Gasteiger partial charge in [0, 0.05) is 34.5 Å². The average molecular weight is 330 g/mol. The van der Waals surface area contributed by atoms with E-state index in [0.29, 0.717) is 22.8 Å². The minimum atomic E-state index is -0.440. The minimum Gasteiger partial charge on any atom is -0.305 e. The van der Waals surface area contributed by atoms with Crippen molar-refractivity contribution in [2.24, 2.45) is 0 Å². The molecule has 0 aliphatic heterocycles. The molecular weight excluding hydrogens is 317 g/mol. The number of aromatic amines is 1. The Hall–Kier alpha value is -2.53. The minimum absolute atomic E-state index is 0.0855. The summed E-state index contributed by atoms with van der Waals surface area (Å²) in [6.45, 7) is 1.71. The molecule has 1 aromatic carbocycles. The Morgan fingerprint density at radius 2 is 2.00 bits per heavy atom. The molecule has 116 valence electrons. The van der Waals surface area contributed by atoms with Crippen molar-refractivity contribution in [3.8, 4) is 11.5 Å². The van der Waals surface area contributed by atoms with E-state index in [2.05, 4.69) is 15.0 Å². The standard InChI is InChI=1S/C17H13ClFN3O/c1-10-11(9-12-13(18)5-4-6-14(12)19)17(23)22-16(21-10)15-7-2-3-8-20-15/h2-8H,9H2,1H3,(H,21,22,23). The first-order valence-electron chi connectivity index (χ1n) is 7.00. The second kappa shape index (κ2) is 6.30. The quantitative estimate of drug-likeness (QED) is 0.799. The summed E-state index contributed by atoms with van der Waals surface area (Å²) in [7, 11) is 0. The summed E-state index contributed by atoms with van der Waals surface area (Å²) in [4.78, 5) is 23.6. The maximum atomic E-state index is 13.9. The monoisotopic (exact) mass is 329 g/mol. The maximum Gasteiger partial charge on any atom is 0.254 e. The normalized spacial score (nSPS) is 10.7. The molecule has 0 bridgehead atoms. The molecule has 0 spiro atoms. The van der Waals surface area contributed by atoms with Gasteiger partial charge in [0.1, 0.15) is 11.5 Å². The number of aromatic nitrogens is 3. The number of nitrogens with one attached hydrogen (secondary N) is 1. The molecule has 23 heavy (non-hydrogen) atoms. The van der Waals surface area contributed by atoms with E-state index in [0.717, 1.165) is 0 Å². The van der Waals surface area contributed by atoms with Crippen molar-refractivity contribution in [3.05, 3.63) is 80.6 Å². The number of pyridine rings is 1. The number of hydrogen-bond donors (Lipinski definition) is 1. The van der Waals surface area contributed by atoms with Crippen molar-refractivity contribution in [3.63, 3.8) is 0 Å². The first kappa shape index (κ1) is 15.4. The topological polar surface area (TPSA) is 58.6 Å². The molecule has 2 aromatic heterocycles. The van der Waals surface area contributed by atoms with Crippen LogP contribution in [0.3, 0.4) is 0 Å². The molecule has 0 aliphatic carbocycles. The van der Waals surface area contributed by atoms with Crippen molar-refractivity contribution >= 4 is 11.6 Å². The van der Waals surface area contributed by atoms with E-state index in [9.17, 15) is 9.18 Å². The van der Waals surface area contributed by atoms with E-state index in [1.165, 1.54) is 12.1 Å². The van der Waals surface area contributed by atoms with Gasteiger partial charge in [0.05, 0.1) is 0 Å². The first-order valence-corrected chi connectivity index (χ1v) is 7.38. The molecule has 1 N–H and O–H groups in total. The lowest BCUT2D eigenvalue weighted by molar-refractivity contribution is 0.613. The lowest BCUT2D eigenvalue weighted by atomic mass is 10.0. The van der Waals surface area contributed by atoms with Crippen LogP contribution in [0.4, 0.5) is 4.39 Å². The summed E-state index contributed by atoms with van der Waals surface area (Å²) in [5.74, 6) is -0.0541. The van der Waals surface area contributed by atoms with Crippen LogP contribution in [0.25, 0.3) is 11.5 Å². The van der Waals surface area contributed by atoms with Crippen molar-refractivity contribution in [1.82, 2.24) is 15.0 Å². The van der Waals surface area contributed by atoms with Crippen molar-refractivity contribution < 1.29 is 4.39 Å². The van der Waals surface area contributed by atoms with Crippen LogP contribution in [-0.2, 0) is 6.42 Å². The van der Waals surface area contributed by atoms with Crippen LogP contribution in [-0.4, -0.2) is 15.0 Å². The van der Waals surface area contributed by atoms with E-state index < -0.39 is 5.82 Å². The van der Waals surface area contributed by atoms with Gasteiger partial charge in [-0.2, -0.15) is 0 Å². The molecule has 0 aliphatic rings. The van der Waals surface area contributed by atoms with Crippen LogP contribution < -0.4 is 5.56 Å². The van der Waals surface area contributed by atoms with Crippen molar-refractivity contribution in [2.45, 2.75) is 13.3 Å². The number of hydrogen-bond acceptors (Lipinski definition) is 3. The fourth-order valence-electron chi connectivity index (χ4n) is 2.32. The Balaban J connectivity index is 2.04. The van der Waals surface area contributed by atoms with Crippen molar-refractivity contribution in [1.29, 1.82) is 0 Å².